The van der Waals surface area contributed by atoms with Crippen LogP contribution in [0.3, 0.4) is 0 Å². The molecule has 3 aromatic rings. The summed E-state index contributed by atoms with van der Waals surface area (Å²) in [5, 5.41) is 4.79. The Morgan fingerprint density at radius 2 is 1.88 bits per heavy atom. The SMILES string of the molecule is Cc1nc(Cl)c2c(-c3ccccc3)ccn2n1. The van der Waals surface area contributed by atoms with Crippen LogP contribution < -0.4 is 0 Å². The second-order valence-electron chi connectivity index (χ2n) is 3.84. The van der Waals surface area contributed by atoms with Crippen molar-refractivity contribution in [3.05, 3.63) is 53.6 Å². The Labute approximate surface area is 104 Å². The van der Waals surface area contributed by atoms with Gasteiger partial charge in [-0.1, -0.05) is 41.9 Å². The van der Waals surface area contributed by atoms with Crippen molar-refractivity contribution in [2.45, 2.75) is 6.92 Å². The Kier molecular flexibility index (Phi) is 2.34. The van der Waals surface area contributed by atoms with Gasteiger partial charge in [-0.05, 0) is 18.6 Å². The van der Waals surface area contributed by atoms with E-state index in [1.165, 1.54) is 0 Å². The third-order valence-corrected chi connectivity index (χ3v) is 2.92. The van der Waals surface area contributed by atoms with Crippen molar-refractivity contribution in [1.82, 2.24) is 14.6 Å². The van der Waals surface area contributed by atoms with Crippen LogP contribution in [0.1, 0.15) is 5.82 Å². The number of rotatable bonds is 1. The Hall–Kier alpha value is -1.87. The predicted octanol–water partition coefficient (Wildman–Crippen LogP) is 3.36. The van der Waals surface area contributed by atoms with Crippen LogP contribution in [0.4, 0.5) is 0 Å². The molecule has 2 heterocycles. The smallest absolute Gasteiger partial charge is 0.157 e. The van der Waals surface area contributed by atoms with E-state index in [1.54, 1.807) is 4.52 Å². The second kappa shape index (κ2) is 3.86. The van der Waals surface area contributed by atoms with Gasteiger partial charge in [0.15, 0.2) is 5.15 Å². The molecule has 3 nitrogen and oxygen atoms in total. The molecule has 17 heavy (non-hydrogen) atoms. The predicted molar refractivity (Wildman–Crippen MR) is 68.2 cm³/mol. The van der Waals surface area contributed by atoms with Gasteiger partial charge in [0.1, 0.15) is 11.3 Å². The van der Waals surface area contributed by atoms with Gasteiger partial charge in [-0.3, -0.25) is 0 Å². The highest BCUT2D eigenvalue weighted by atomic mass is 35.5. The van der Waals surface area contributed by atoms with Crippen LogP contribution in [-0.2, 0) is 0 Å². The van der Waals surface area contributed by atoms with Gasteiger partial charge in [0.05, 0.1) is 0 Å². The Balaban J connectivity index is 2.32. The molecule has 0 radical (unpaired) electrons. The molecular formula is C13H10ClN3. The van der Waals surface area contributed by atoms with E-state index in [0.717, 1.165) is 16.6 Å². The highest BCUT2D eigenvalue weighted by molar-refractivity contribution is 6.33. The lowest BCUT2D eigenvalue weighted by Crippen LogP contribution is -1.97. The molecule has 0 saturated heterocycles. The van der Waals surface area contributed by atoms with Crippen LogP contribution in [0.15, 0.2) is 42.6 Å². The summed E-state index contributed by atoms with van der Waals surface area (Å²) in [4.78, 5) is 4.19. The number of fused-ring (bicyclic) bond motifs is 1. The molecule has 0 saturated carbocycles. The summed E-state index contributed by atoms with van der Waals surface area (Å²) in [6.07, 6.45) is 1.90. The fourth-order valence-corrected chi connectivity index (χ4v) is 2.25. The lowest BCUT2D eigenvalue weighted by Gasteiger charge is -2.02. The minimum atomic E-state index is 0.487. The van der Waals surface area contributed by atoms with E-state index in [9.17, 15) is 0 Å². The van der Waals surface area contributed by atoms with E-state index in [-0.39, 0.29) is 0 Å². The summed E-state index contributed by atoms with van der Waals surface area (Å²) in [6, 6.07) is 12.1. The van der Waals surface area contributed by atoms with Crippen LogP contribution in [0.5, 0.6) is 0 Å². The van der Waals surface area contributed by atoms with E-state index in [1.807, 2.05) is 49.5 Å². The van der Waals surface area contributed by atoms with Crippen molar-refractivity contribution in [2.75, 3.05) is 0 Å². The quantitative estimate of drug-likeness (QED) is 0.656. The first kappa shape index (κ1) is 10.3. The van der Waals surface area contributed by atoms with E-state index in [4.69, 9.17) is 11.6 Å². The molecule has 3 rings (SSSR count). The third-order valence-electron chi connectivity index (χ3n) is 2.66. The Morgan fingerprint density at radius 1 is 1.12 bits per heavy atom. The topological polar surface area (TPSA) is 30.2 Å². The number of aryl methyl sites for hydroxylation is 1. The van der Waals surface area contributed by atoms with Gasteiger partial charge in [-0.25, -0.2) is 9.50 Å². The molecule has 84 valence electrons. The van der Waals surface area contributed by atoms with Gasteiger partial charge < -0.3 is 0 Å². The number of hydrogen-bond acceptors (Lipinski definition) is 2. The van der Waals surface area contributed by atoms with E-state index in [2.05, 4.69) is 10.1 Å². The maximum Gasteiger partial charge on any atom is 0.157 e. The fourth-order valence-electron chi connectivity index (χ4n) is 1.93. The summed E-state index contributed by atoms with van der Waals surface area (Å²) in [5.41, 5.74) is 3.02. The summed E-state index contributed by atoms with van der Waals surface area (Å²) < 4.78 is 1.77. The van der Waals surface area contributed by atoms with Gasteiger partial charge >= 0.3 is 0 Å². The van der Waals surface area contributed by atoms with Crippen molar-refractivity contribution >= 4 is 17.1 Å². The van der Waals surface area contributed by atoms with Gasteiger partial charge in [-0.15, -0.1) is 0 Å². The molecule has 2 aromatic heterocycles. The number of aromatic nitrogens is 3. The normalized spacial score (nSPS) is 10.9. The van der Waals surface area contributed by atoms with Crippen molar-refractivity contribution in [3.63, 3.8) is 0 Å². The zero-order chi connectivity index (χ0) is 11.8. The molecule has 0 atom stereocenters. The van der Waals surface area contributed by atoms with Gasteiger partial charge in [-0.2, -0.15) is 5.10 Å². The highest BCUT2D eigenvalue weighted by Crippen LogP contribution is 2.28. The van der Waals surface area contributed by atoms with Crippen LogP contribution >= 0.6 is 11.6 Å². The standard InChI is InChI=1S/C13H10ClN3/c1-9-15-13(14)12-11(7-8-17(12)16-9)10-5-3-2-4-6-10/h2-8H,1H3. The molecule has 0 bridgehead atoms. The molecule has 0 unspecified atom stereocenters. The molecular weight excluding hydrogens is 234 g/mol. The fraction of sp³-hybridized carbons (Fsp3) is 0.0769. The molecule has 1 aromatic carbocycles. The number of benzene rings is 1. The van der Waals surface area contributed by atoms with E-state index in [0.29, 0.717) is 11.0 Å². The largest absolute Gasteiger partial charge is 0.235 e. The molecule has 0 aliphatic carbocycles. The maximum absolute atomic E-state index is 6.19. The summed E-state index contributed by atoms with van der Waals surface area (Å²) >= 11 is 6.19. The first-order valence-corrected chi connectivity index (χ1v) is 5.70. The minimum absolute atomic E-state index is 0.487. The Morgan fingerprint density at radius 3 is 2.65 bits per heavy atom. The van der Waals surface area contributed by atoms with E-state index < -0.39 is 0 Å². The van der Waals surface area contributed by atoms with Crippen molar-refractivity contribution in [1.29, 1.82) is 0 Å². The molecule has 0 amide bonds. The molecule has 0 spiro atoms. The average molecular weight is 244 g/mol. The monoisotopic (exact) mass is 243 g/mol. The van der Waals surface area contributed by atoms with Crippen LogP contribution in [0.2, 0.25) is 5.15 Å². The maximum atomic E-state index is 6.19. The molecule has 0 aliphatic rings. The van der Waals surface area contributed by atoms with Gasteiger partial charge in [0.2, 0.25) is 0 Å². The molecule has 0 N–H and O–H groups in total. The summed E-state index contributed by atoms with van der Waals surface area (Å²) in [5.74, 6) is 0.665. The highest BCUT2D eigenvalue weighted by Gasteiger charge is 2.10. The minimum Gasteiger partial charge on any atom is -0.235 e. The van der Waals surface area contributed by atoms with E-state index >= 15 is 0 Å². The number of hydrogen-bond donors (Lipinski definition) is 0. The summed E-state index contributed by atoms with van der Waals surface area (Å²) in [7, 11) is 0. The van der Waals surface area contributed by atoms with Crippen molar-refractivity contribution in [2.24, 2.45) is 0 Å². The lowest BCUT2D eigenvalue weighted by atomic mass is 10.1. The second-order valence-corrected chi connectivity index (χ2v) is 4.20. The number of nitrogens with zero attached hydrogens (tertiary/aromatic N) is 3. The van der Waals surface area contributed by atoms with Crippen molar-refractivity contribution < 1.29 is 0 Å². The van der Waals surface area contributed by atoms with Gasteiger partial charge in [0, 0.05) is 11.8 Å². The van der Waals surface area contributed by atoms with Crippen LogP contribution in [-0.4, -0.2) is 14.6 Å². The number of halogens is 1. The zero-order valence-corrected chi connectivity index (χ0v) is 10.0. The summed E-state index contributed by atoms with van der Waals surface area (Å²) in [6.45, 7) is 1.83. The molecule has 0 fully saturated rings. The average Bonchev–Trinajstić information content (AvgIpc) is 2.74. The molecule has 4 heteroatoms. The van der Waals surface area contributed by atoms with Crippen molar-refractivity contribution in [3.8, 4) is 11.1 Å². The lowest BCUT2D eigenvalue weighted by molar-refractivity contribution is 0.857. The molecule has 0 aliphatic heterocycles. The van der Waals surface area contributed by atoms with Crippen LogP contribution in [0.25, 0.3) is 16.6 Å². The first-order chi connectivity index (χ1) is 8.25. The first-order valence-electron chi connectivity index (χ1n) is 5.32. The van der Waals surface area contributed by atoms with Crippen LogP contribution in [0, 0.1) is 6.92 Å². The van der Waals surface area contributed by atoms with Gasteiger partial charge in [0.25, 0.3) is 0 Å². The Bertz CT molecular complexity index is 674. The third kappa shape index (κ3) is 1.68. The zero-order valence-electron chi connectivity index (χ0n) is 9.26.